The van der Waals surface area contributed by atoms with Gasteiger partial charge in [-0.05, 0) is 48.5 Å². The zero-order chi connectivity index (χ0) is 22.7. The van der Waals surface area contributed by atoms with Gasteiger partial charge in [0.05, 0.1) is 20.6 Å². The molecule has 33 heavy (non-hydrogen) atoms. The van der Waals surface area contributed by atoms with Gasteiger partial charge >= 0.3 is 0 Å². The van der Waals surface area contributed by atoms with Crippen LogP contribution in [0, 0.1) is 0 Å². The van der Waals surface area contributed by atoms with Crippen molar-refractivity contribution in [1.29, 1.82) is 0 Å². The van der Waals surface area contributed by atoms with Crippen LogP contribution in [-0.4, -0.2) is 8.42 Å². The van der Waals surface area contributed by atoms with E-state index in [0.29, 0.717) is 20.2 Å². The fourth-order valence-corrected chi connectivity index (χ4v) is 8.23. The molecular formula is C26H14O4S3. The van der Waals surface area contributed by atoms with Crippen LogP contribution in [0.3, 0.4) is 0 Å². The van der Waals surface area contributed by atoms with Crippen LogP contribution in [0.15, 0.2) is 104 Å². The van der Waals surface area contributed by atoms with E-state index in [2.05, 4.69) is 0 Å². The first-order chi connectivity index (χ1) is 16.0. The fraction of sp³-hybridized carbons (Fsp3) is 0. The molecule has 0 aliphatic rings. The van der Waals surface area contributed by atoms with Gasteiger partial charge in [-0.1, -0.05) is 36.4 Å². The van der Waals surface area contributed by atoms with Gasteiger partial charge < -0.3 is 0 Å². The average molecular weight is 487 g/mol. The molecule has 0 aliphatic carbocycles. The Morgan fingerprint density at radius 3 is 1.33 bits per heavy atom. The second-order valence-corrected chi connectivity index (χ2v) is 11.7. The molecule has 0 saturated heterocycles. The number of rotatable bonds is 2. The predicted octanol–water partition coefficient (Wildman–Crippen LogP) is 5.98. The van der Waals surface area contributed by atoms with Crippen LogP contribution in [0.25, 0.3) is 40.3 Å². The fourth-order valence-electron chi connectivity index (χ4n) is 4.20. The van der Waals surface area contributed by atoms with Crippen molar-refractivity contribution in [3.63, 3.8) is 0 Å². The molecule has 6 rings (SSSR count). The Balaban J connectivity index is 1.74. The van der Waals surface area contributed by atoms with E-state index in [1.54, 1.807) is 48.5 Å². The highest BCUT2D eigenvalue weighted by Crippen LogP contribution is 2.35. The van der Waals surface area contributed by atoms with Gasteiger partial charge in [-0.3, -0.25) is 9.59 Å². The minimum Gasteiger partial charge on any atom is -0.288 e. The summed E-state index contributed by atoms with van der Waals surface area (Å²) in [5.74, 6) is 0. The average Bonchev–Trinajstić information content (AvgIpc) is 2.83. The van der Waals surface area contributed by atoms with Gasteiger partial charge in [-0.25, -0.2) is 8.42 Å². The van der Waals surface area contributed by atoms with Crippen LogP contribution >= 0.6 is 22.7 Å². The van der Waals surface area contributed by atoms with E-state index in [1.807, 2.05) is 24.3 Å². The lowest BCUT2D eigenvalue weighted by Gasteiger charge is -2.11. The van der Waals surface area contributed by atoms with Crippen molar-refractivity contribution in [2.75, 3.05) is 0 Å². The number of fused-ring (bicyclic) bond motifs is 4. The number of sulfone groups is 1. The van der Waals surface area contributed by atoms with Crippen LogP contribution in [0.2, 0.25) is 0 Å². The van der Waals surface area contributed by atoms with Crippen molar-refractivity contribution in [2.24, 2.45) is 0 Å². The van der Waals surface area contributed by atoms with Gasteiger partial charge in [0.2, 0.25) is 9.84 Å². The maximum atomic E-state index is 14.0. The summed E-state index contributed by atoms with van der Waals surface area (Å²) in [6, 6.07) is 24.0. The van der Waals surface area contributed by atoms with Gasteiger partial charge in [0.25, 0.3) is 0 Å². The Bertz CT molecular complexity index is 1840. The SMILES string of the molecule is O=c1c2ccccc2sc2cccc(S(=O)(=O)c3cccc4sc5ccccc5c(=O)c34)c12. The Kier molecular flexibility index (Phi) is 4.48. The summed E-state index contributed by atoms with van der Waals surface area (Å²) in [5, 5.41) is 1.28. The van der Waals surface area contributed by atoms with E-state index < -0.39 is 9.84 Å². The summed E-state index contributed by atoms with van der Waals surface area (Å²) >= 11 is 2.75. The molecule has 6 aromatic rings. The van der Waals surface area contributed by atoms with Crippen LogP contribution in [-0.2, 0) is 9.84 Å². The molecule has 0 spiro atoms. The van der Waals surface area contributed by atoms with E-state index in [0.717, 1.165) is 9.40 Å². The number of benzene rings is 4. The highest BCUT2D eigenvalue weighted by Gasteiger charge is 2.26. The second kappa shape index (κ2) is 7.31. The first-order valence-corrected chi connectivity index (χ1v) is 13.2. The molecule has 0 amide bonds. The summed E-state index contributed by atoms with van der Waals surface area (Å²) in [5.41, 5.74) is -0.649. The van der Waals surface area contributed by atoms with E-state index in [9.17, 15) is 18.0 Å². The molecule has 2 heterocycles. The van der Waals surface area contributed by atoms with Gasteiger partial charge in [0.15, 0.2) is 10.9 Å². The van der Waals surface area contributed by atoms with Crippen molar-refractivity contribution in [2.45, 2.75) is 9.79 Å². The van der Waals surface area contributed by atoms with Gasteiger partial charge in [-0.15, -0.1) is 22.7 Å². The molecule has 0 fully saturated rings. The normalized spacial score (nSPS) is 12.1. The summed E-state index contributed by atoms with van der Waals surface area (Å²) in [6.45, 7) is 0. The molecule has 0 saturated carbocycles. The Morgan fingerprint density at radius 1 is 0.485 bits per heavy atom. The van der Waals surface area contributed by atoms with E-state index in [-0.39, 0.29) is 31.4 Å². The van der Waals surface area contributed by atoms with E-state index in [1.165, 1.54) is 34.8 Å². The second-order valence-electron chi connectivity index (χ2n) is 7.62. The number of hydrogen-bond acceptors (Lipinski definition) is 6. The van der Waals surface area contributed by atoms with Gasteiger partial charge in [0.1, 0.15) is 0 Å². The molecular weight excluding hydrogens is 472 g/mol. The maximum Gasteiger partial charge on any atom is 0.208 e. The lowest BCUT2D eigenvalue weighted by Crippen LogP contribution is -2.12. The Hall–Kier alpha value is -3.39. The van der Waals surface area contributed by atoms with Crippen molar-refractivity contribution in [3.8, 4) is 0 Å². The quantitative estimate of drug-likeness (QED) is 0.283. The van der Waals surface area contributed by atoms with Crippen LogP contribution in [0.4, 0.5) is 0 Å². The molecule has 4 nitrogen and oxygen atoms in total. The summed E-state index contributed by atoms with van der Waals surface area (Å²) in [7, 11) is -4.16. The lowest BCUT2D eigenvalue weighted by atomic mass is 10.2. The molecule has 0 aliphatic heterocycles. The monoisotopic (exact) mass is 486 g/mol. The molecule has 4 aromatic carbocycles. The Morgan fingerprint density at radius 2 is 0.879 bits per heavy atom. The Labute approximate surface area is 195 Å². The van der Waals surface area contributed by atoms with Crippen molar-refractivity contribution < 1.29 is 8.42 Å². The van der Waals surface area contributed by atoms with Gasteiger partial charge in [0, 0.05) is 29.6 Å². The highest BCUT2D eigenvalue weighted by atomic mass is 32.2. The minimum atomic E-state index is -4.16. The summed E-state index contributed by atoms with van der Waals surface area (Å²) in [4.78, 5) is 26.6. The zero-order valence-electron chi connectivity index (χ0n) is 16.9. The molecule has 0 atom stereocenters. The molecule has 2 aromatic heterocycles. The maximum absolute atomic E-state index is 14.0. The van der Waals surface area contributed by atoms with Crippen LogP contribution in [0.1, 0.15) is 0 Å². The van der Waals surface area contributed by atoms with Crippen LogP contribution < -0.4 is 10.9 Å². The highest BCUT2D eigenvalue weighted by molar-refractivity contribution is 7.92. The first-order valence-electron chi connectivity index (χ1n) is 10.1. The topological polar surface area (TPSA) is 68.3 Å². The minimum absolute atomic E-state index is 0.0722. The van der Waals surface area contributed by atoms with E-state index in [4.69, 9.17) is 0 Å². The van der Waals surface area contributed by atoms with Crippen molar-refractivity contribution in [1.82, 2.24) is 0 Å². The largest absolute Gasteiger partial charge is 0.288 e. The lowest BCUT2D eigenvalue weighted by molar-refractivity contribution is 0.598. The third-order valence-corrected chi connectivity index (χ3v) is 9.82. The molecule has 0 bridgehead atoms. The summed E-state index contributed by atoms with van der Waals surface area (Å²) in [6.07, 6.45) is 0. The van der Waals surface area contributed by atoms with Gasteiger partial charge in [-0.2, -0.15) is 0 Å². The zero-order valence-corrected chi connectivity index (χ0v) is 19.4. The third-order valence-electron chi connectivity index (χ3n) is 5.71. The predicted molar refractivity (Wildman–Crippen MR) is 137 cm³/mol. The van der Waals surface area contributed by atoms with Crippen LogP contribution in [0.5, 0.6) is 0 Å². The summed E-state index contributed by atoms with van der Waals surface area (Å²) < 4.78 is 30.7. The van der Waals surface area contributed by atoms with Crippen molar-refractivity contribution in [3.05, 3.63) is 105 Å². The molecule has 0 unspecified atom stereocenters. The smallest absolute Gasteiger partial charge is 0.208 e. The van der Waals surface area contributed by atoms with E-state index >= 15 is 0 Å². The van der Waals surface area contributed by atoms with Crippen molar-refractivity contribution >= 4 is 72.9 Å². The standard InChI is InChI=1S/C26H14O4S3/c27-25-15-7-1-3-9-17(15)31-19-11-5-13-21(23(19)25)33(29,30)22-14-6-12-20-24(22)26(28)16-8-2-4-10-18(16)32-20/h1-14H. The first kappa shape index (κ1) is 20.2. The molecule has 160 valence electrons. The third kappa shape index (κ3) is 2.97. The number of hydrogen-bond donors (Lipinski definition) is 0. The molecule has 7 heteroatoms. The molecule has 0 radical (unpaired) electrons. The molecule has 0 N–H and O–H groups in total.